The summed E-state index contributed by atoms with van der Waals surface area (Å²) < 4.78 is 0. The van der Waals surface area contributed by atoms with Gasteiger partial charge in [-0.2, -0.15) is 0 Å². The van der Waals surface area contributed by atoms with E-state index in [-0.39, 0.29) is 17.9 Å². The van der Waals surface area contributed by atoms with Crippen LogP contribution in [0.25, 0.3) is 0 Å². The zero-order chi connectivity index (χ0) is 16.9. The maximum atomic E-state index is 12.9. The molecule has 130 valence electrons. The molecule has 2 saturated heterocycles. The summed E-state index contributed by atoms with van der Waals surface area (Å²) >= 11 is 0. The highest BCUT2D eigenvalue weighted by Gasteiger charge is 2.35. The van der Waals surface area contributed by atoms with E-state index in [0.29, 0.717) is 12.3 Å². The van der Waals surface area contributed by atoms with Gasteiger partial charge in [-0.15, -0.1) is 0 Å². The van der Waals surface area contributed by atoms with Crippen LogP contribution in [0.5, 0.6) is 0 Å². The van der Waals surface area contributed by atoms with Crippen molar-refractivity contribution in [3.8, 4) is 0 Å². The van der Waals surface area contributed by atoms with Crippen LogP contribution in [0.3, 0.4) is 0 Å². The van der Waals surface area contributed by atoms with Gasteiger partial charge in [-0.1, -0.05) is 30.3 Å². The first-order chi connectivity index (χ1) is 11.6. The van der Waals surface area contributed by atoms with Crippen molar-refractivity contribution in [1.29, 1.82) is 0 Å². The summed E-state index contributed by atoms with van der Waals surface area (Å²) in [4.78, 5) is 28.3. The Hall–Kier alpha value is -1.88. The Morgan fingerprint density at radius 3 is 2.42 bits per heavy atom. The molecular formula is C19H27N3O2. The third kappa shape index (κ3) is 4.15. The molecule has 5 heteroatoms. The normalized spacial score (nSPS) is 22.7. The van der Waals surface area contributed by atoms with Crippen molar-refractivity contribution in [2.24, 2.45) is 11.7 Å². The van der Waals surface area contributed by atoms with Gasteiger partial charge in [-0.05, 0) is 43.7 Å². The number of hydrogen-bond acceptors (Lipinski definition) is 3. The van der Waals surface area contributed by atoms with E-state index < -0.39 is 0 Å². The van der Waals surface area contributed by atoms with Crippen LogP contribution in [0.2, 0.25) is 0 Å². The predicted molar refractivity (Wildman–Crippen MR) is 93.0 cm³/mol. The molecule has 2 amide bonds. The summed E-state index contributed by atoms with van der Waals surface area (Å²) in [5, 5.41) is 0. The van der Waals surface area contributed by atoms with E-state index >= 15 is 0 Å². The Balaban J connectivity index is 1.55. The summed E-state index contributed by atoms with van der Waals surface area (Å²) in [7, 11) is 0. The fraction of sp³-hybridized carbons (Fsp3) is 0.579. The Kier molecular flexibility index (Phi) is 5.51. The second-order valence-electron chi connectivity index (χ2n) is 7.05. The lowest BCUT2D eigenvalue weighted by molar-refractivity contribution is -0.137. The van der Waals surface area contributed by atoms with E-state index in [9.17, 15) is 9.59 Å². The van der Waals surface area contributed by atoms with E-state index in [4.69, 9.17) is 5.73 Å². The van der Waals surface area contributed by atoms with Crippen LogP contribution in [0.15, 0.2) is 30.3 Å². The Bertz CT molecular complexity index is 567. The second-order valence-corrected chi connectivity index (χ2v) is 7.05. The number of hydrogen-bond donors (Lipinski definition) is 1. The number of nitrogens with zero attached hydrogens (tertiary/aromatic N) is 2. The van der Waals surface area contributed by atoms with Gasteiger partial charge in [0.15, 0.2) is 0 Å². The molecule has 1 aromatic carbocycles. The standard InChI is InChI=1S/C19H27N3O2/c20-18(23)13-15-8-11-21(12-9-15)19(24)17-7-4-10-22(17)14-16-5-2-1-3-6-16/h1-3,5-6,15,17H,4,7-14H2,(H2,20,23). The van der Waals surface area contributed by atoms with Gasteiger partial charge >= 0.3 is 0 Å². The highest BCUT2D eigenvalue weighted by molar-refractivity contribution is 5.82. The first-order valence-corrected chi connectivity index (χ1v) is 8.98. The summed E-state index contributed by atoms with van der Waals surface area (Å²) in [5.74, 6) is 0.376. The van der Waals surface area contributed by atoms with Crippen molar-refractivity contribution in [3.63, 3.8) is 0 Å². The maximum Gasteiger partial charge on any atom is 0.239 e. The number of primary amides is 1. The van der Waals surface area contributed by atoms with Gasteiger partial charge in [0.25, 0.3) is 0 Å². The highest BCUT2D eigenvalue weighted by atomic mass is 16.2. The Morgan fingerprint density at radius 1 is 1.04 bits per heavy atom. The van der Waals surface area contributed by atoms with E-state index in [0.717, 1.165) is 51.9 Å². The minimum absolute atomic E-state index is 0.0119. The van der Waals surface area contributed by atoms with Gasteiger partial charge in [0.1, 0.15) is 0 Å². The van der Waals surface area contributed by atoms with Crippen molar-refractivity contribution in [1.82, 2.24) is 9.80 Å². The number of amides is 2. The monoisotopic (exact) mass is 329 g/mol. The predicted octanol–water partition coefficient (Wildman–Crippen LogP) is 1.76. The molecule has 24 heavy (non-hydrogen) atoms. The number of likely N-dealkylation sites (tertiary alicyclic amines) is 2. The van der Waals surface area contributed by atoms with Crippen LogP contribution in [0.1, 0.15) is 37.7 Å². The third-order valence-corrected chi connectivity index (χ3v) is 5.29. The summed E-state index contributed by atoms with van der Waals surface area (Å²) in [5.41, 5.74) is 6.54. The van der Waals surface area contributed by atoms with E-state index in [1.54, 1.807) is 0 Å². The van der Waals surface area contributed by atoms with Crippen LogP contribution in [-0.2, 0) is 16.1 Å². The molecule has 2 fully saturated rings. The quantitative estimate of drug-likeness (QED) is 0.895. The van der Waals surface area contributed by atoms with Gasteiger partial charge in [-0.25, -0.2) is 0 Å². The Labute approximate surface area is 143 Å². The third-order valence-electron chi connectivity index (χ3n) is 5.29. The van der Waals surface area contributed by atoms with Crippen LogP contribution in [-0.4, -0.2) is 47.3 Å². The topological polar surface area (TPSA) is 66.6 Å². The summed E-state index contributed by atoms with van der Waals surface area (Å²) in [6.45, 7) is 3.34. The summed E-state index contributed by atoms with van der Waals surface area (Å²) in [6.07, 6.45) is 4.26. The average Bonchev–Trinajstić information content (AvgIpc) is 3.03. The second kappa shape index (κ2) is 7.79. The van der Waals surface area contributed by atoms with E-state index in [1.165, 1.54) is 5.56 Å². The van der Waals surface area contributed by atoms with E-state index in [2.05, 4.69) is 17.0 Å². The molecule has 5 nitrogen and oxygen atoms in total. The zero-order valence-corrected chi connectivity index (χ0v) is 14.2. The molecule has 0 spiro atoms. The minimum atomic E-state index is -0.232. The lowest BCUT2D eigenvalue weighted by Crippen LogP contribution is -2.48. The number of piperidine rings is 1. The molecule has 0 saturated carbocycles. The lowest BCUT2D eigenvalue weighted by atomic mass is 9.93. The SMILES string of the molecule is NC(=O)CC1CCN(C(=O)C2CCCN2Cc2ccccc2)CC1. The molecule has 0 aliphatic carbocycles. The number of carbonyl (C=O) groups is 2. The molecule has 0 aromatic heterocycles. The van der Waals surface area contributed by atoms with Crippen molar-refractivity contribution in [3.05, 3.63) is 35.9 Å². The van der Waals surface area contributed by atoms with Crippen LogP contribution in [0.4, 0.5) is 0 Å². The fourth-order valence-electron chi connectivity index (χ4n) is 3.97. The maximum absolute atomic E-state index is 12.9. The van der Waals surface area contributed by atoms with Crippen LogP contribution in [0, 0.1) is 5.92 Å². The lowest BCUT2D eigenvalue weighted by Gasteiger charge is -2.35. The summed E-state index contributed by atoms with van der Waals surface area (Å²) in [6, 6.07) is 10.4. The highest BCUT2D eigenvalue weighted by Crippen LogP contribution is 2.25. The smallest absolute Gasteiger partial charge is 0.239 e. The number of rotatable bonds is 5. The first-order valence-electron chi connectivity index (χ1n) is 8.98. The minimum Gasteiger partial charge on any atom is -0.370 e. The largest absolute Gasteiger partial charge is 0.370 e. The molecule has 0 bridgehead atoms. The molecule has 2 aliphatic heterocycles. The molecule has 3 rings (SSSR count). The van der Waals surface area contributed by atoms with E-state index in [1.807, 2.05) is 23.1 Å². The fourth-order valence-corrected chi connectivity index (χ4v) is 3.97. The van der Waals surface area contributed by atoms with Crippen molar-refractivity contribution in [2.75, 3.05) is 19.6 Å². The Morgan fingerprint density at radius 2 is 1.75 bits per heavy atom. The number of nitrogens with two attached hydrogens (primary N) is 1. The molecule has 1 atom stereocenters. The average molecular weight is 329 g/mol. The molecule has 2 aliphatic rings. The first kappa shape index (κ1) is 17.0. The zero-order valence-electron chi connectivity index (χ0n) is 14.2. The van der Waals surface area contributed by atoms with Gasteiger partial charge < -0.3 is 10.6 Å². The van der Waals surface area contributed by atoms with Gasteiger partial charge in [0, 0.05) is 26.1 Å². The molecule has 2 heterocycles. The van der Waals surface area contributed by atoms with Crippen LogP contribution >= 0.6 is 0 Å². The molecular weight excluding hydrogens is 302 g/mol. The van der Waals surface area contributed by atoms with Crippen LogP contribution < -0.4 is 5.73 Å². The molecule has 1 aromatic rings. The molecule has 0 radical (unpaired) electrons. The molecule has 2 N–H and O–H groups in total. The molecule has 1 unspecified atom stereocenters. The van der Waals surface area contributed by atoms with Crippen molar-refractivity contribution >= 4 is 11.8 Å². The number of benzene rings is 1. The van der Waals surface area contributed by atoms with Crippen molar-refractivity contribution < 1.29 is 9.59 Å². The number of carbonyl (C=O) groups excluding carboxylic acids is 2. The van der Waals surface area contributed by atoms with Gasteiger partial charge in [-0.3, -0.25) is 14.5 Å². The van der Waals surface area contributed by atoms with Gasteiger partial charge in [0.2, 0.25) is 11.8 Å². The van der Waals surface area contributed by atoms with Crippen molar-refractivity contribution in [2.45, 2.75) is 44.7 Å². The van der Waals surface area contributed by atoms with Gasteiger partial charge in [0.05, 0.1) is 6.04 Å².